The van der Waals surface area contributed by atoms with E-state index in [9.17, 15) is 9.59 Å². The van der Waals surface area contributed by atoms with E-state index in [0.717, 1.165) is 19.4 Å². The topological polar surface area (TPSA) is 58.6 Å². The highest BCUT2D eigenvalue weighted by Gasteiger charge is 2.45. The van der Waals surface area contributed by atoms with Crippen LogP contribution >= 0.6 is 0 Å². The Bertz CT molecular complexity index is 367. The van der Waals surface area contributed by atoms with E-state index in [1.165, 1.54) is 0 Å². The van der Waals surface area contributed by atoms with E-state index in [0.29, 0.717) is 31.7 Å². The van der Waals surface area contributed by atoms with E-state index < -0.39 is 0 Å². The summed E-state index contributed by atoms with van der Waals surface area (Å²) in [5.41, 5.74) is 0. The highest BCUT2D eigenvalue weighted by Crippen LogP contribution is 2.34. The molecule has 3 rings (SSSR count). The Labute approximate surface area is 107 Å². The summed E-state index contributed by atoms with van der Waals surface area (Å²) >= 11 is 0. The number of carbonyl (C=O) groups excluding carboxylic acids is 2. The quantitative estimate of drug-likeness (QED) is 0.753. The molecule has 0 aromatic rings. The summed E-state index contributed by atoms with van der Waals surface area (Å²) in [7, 11) is 0. The largest absolute Gasteiger partial charge is 0.380 e. The lowest BCUT2D eigenvalue weighted by Crippen LogP contribution is -2.45. The van der Waals surface area contributed by atoms with Crippen molar-refractivity contribution >= 4 is 11.8 Å². The molecule has 0 unspecified atom stereocenters. The molecule has 5 heteroatoms. The SMILES string of the molecule is CC(=O)N1C[C@@H]2COC[C@H](C(=O)NC3CC3)[C@@H]2C1. The van der Waals surface area contributed by atoms with Crippen molar-refractivity contribution in [3.05, 3.63) is 0 Å². The van der Waals surface area contributed by atoms with E-state index in [4.69, 9.17) is 4.74 Å². The molecule has 0 radical (unpaired) electrons. The fraction of sp³-hybridized carbons (Fsp3) is 0.846. The van der Waals surface area contributed by atoms with Gasteiger partial charge in [-0.25, -0.2) is 0 Å². The first-order chi connectivity index (χ1) is 8.65. The summed E-state index contributed by atoms with van der Waals surface area (Å²) in [5, 5.41) is 3.06. The molecule has 3 fully saturated rings. The summed E-state index contributed by atoms with van der Waals surface area (Å²) in [5.74, 6) is 0.760. The number of hydrogen-bond acceptors (Lipinski definition) is 3. The second-order valence-corrected chi connectivity index (χ2v) is 5.77. The Balaban J connectivity index is 1.67. The zero-order valence-electron chi connectivity index (χ0n) is 10.7. The van der Waals surface area contributed by atoms with Crippen LogP contribution in [0.25, 0.3) is 0 Å². The van der Waals surface area contributed by atoms with Crippen molar-refractivity contribution in [1.29, 1.82) is 0 Å². The van der Waals surface area contributed by atoms with Crippen molar-refractivity contribution < 1.29 is 14.3 Å². The average Bonchev–Trinajstić information content (AvgIpc) is 3.03. The van der Waals surface area contributed by atoms with Crippen molar-refractivity contribution in [2.75, 3.05) is 26.3 Å². The predicted octanol–water partition coefficient (Wildman–Crippen LogP) is 0.00590. The smallest absolute Gasteiger partial charge is 0.226 e. The number of rotatable bonds is 2. The van der Waals surface area contributed by atoms with Crippen molar-refractivity contribution in [3.63, 3.8) is 0 Å². The van der Waals surface area contributed by atoms with Crippen molar-refractivity contribution in [1.82, 2.24) is 10.2 Å². The van der Waals surface area contributed by atoms with Crippen molar-refractivity contribution in [2.45, 2.75) is 25.8 Å². The van der Waals surface area contributed by atoms with Crippen molar-refractivity contribution in [2.24, 2.45) is 17.8 Å². The van der Waals surface area contributed by atoms with Gasteiger partial charge in [-0.15, -0.1) is 0 Å². The maximum atomic E-state index is 12.2. The van der Waals surface area contributed by atoms with Gasteiger partial charge in [0.2, 0.25) is 11.8 Å². The summed E-state index contributed by atoms with van der Waals surface area (Å²) in [6.07, 6.45) is 2.21. The van der Waals surface area contributed by atoms with E-state index in [1.54, 1.807) is 6.92 Å². The van der Waals surface area contributed by atoms with Crippen LogP contribution in [0.1, 0.15) is 19.8 Å². The molecule has 1 N–H and O–H groups in total. The number of nitrogens with one attached hydrogen (secondary N) is 1. The molecule has 2 heterocycles. The van der Waals surface area contributed by atoms with Crippen LogP contribution in [0.4, 0.5) is 0 Å². The third-order valence-electron chi connectivity index (χ3n) is 4.34. The van der Waals surface area contributed by atoms with Gasteiger partial charge < -0.3 is 15.0 Å². The summed E-state index contributed by atoms with van der Waals surface area (Å²) < 4.78 is 5.55. The van der Waals surface area contributed by atoms with Crippen molar-refractivity contribution in [3.8, 4) is 0 Å². The summed E-state index contributed by atoms with van der Waals surface area (Å²) in [4.78, 5) is 25.5. The molecule has 3 aliphatic rings. The van der Waals surface area contributed by atoms with Gasteiger partial charge in [0.05, 0.1) is 19.1 Å². The molecule has 0 spiro atoms. The zero-order chi connectivity index (χ0) is 12.7. The molecule has 5 nitrogen and oxygen atoms in total. The number of nitrogens with zero attached hydrogens (tertiary/aromatic N) is 1. The molecule has 2 aliphatic heterocycles. The number of ether oxygens (including phenoxy) is 1. The Morgan fingerprint density at radius 3 is 2.67 bits per heavy atom. The second kappa shape index (κ2) is 4.53. The second-order valence-electron chi connectivity index (χ2n) is 5.77. The van der Waals surface area contributed by atoms with Crippen LogP contribution in [0.2, 0.25) is 0 Å². The maximum absolute atomic E-state index is 12.2. The number of fused-ring (bicyclic) bond motifs is 1. The minimum absolute atomic E-state index is 0.0753. The first-order valence-corrected chi connectivity index (χ1v) is 6.79. The van der Waals surface area contributed by atoms with Crippen LogP contribution in [0.15, 0.2) is 0 Å². The van der Waals surface area contributed by atoms with E-state index in [1.807, 2.05) is 4.90 Å². The third kappa shape index (κ3) is 2.23. The normalized spacial score (nSPS) is 35.2. The van der Waals surface area contributed by atoms with Gasteiger partial charge in [0.1, 0.15) is 0 Å². The van der Waals surface area contributed by atoms with Gasteiger partial charge in [-0.1, -0.05) is 0 Å². The van der Waals surface area contributed by atoms with Crippen LogP contribution in [-0.4, -0.2) is 49.1 Å². The van der Waals surface area contributed by atoms with Crippen LogP contribution < -0.4 is 5.32 Å². The van der Waals surface area contributed by atoms with Gasteiger partial charge in [0.15, 0.2) is 0 Å². The molecule has 100 valence electrons. The molecule has 2 amide bonds. The maximum Gasteiger partial charge on any atom is 0.226 e. The number of likely N-dealkylation sites (tertiary alicyclic amines) is 1. The standard InChI is InChI=1S/C13H20N2O3/c1-8(16)15-4-9-6-18-7-12(11(9)5-15)13(17)14-10-2-3-10/h9-12H,2-7H2,1H3,(H,14,17)/t9-,11-,12+/m1/s1. The van der Waals surface area contributed by atoms with E-state index in [2.05, 4.69) is 5.32 Å². The molecular weight excluding hydrogens is 232 g/mol. The van der Waals surface area contributed by atoms with Crippen LogP contribution in [0.3, 0.4) is 0 Å². The van der Waals surface area contributed by atoms with Gasteiger partial charge in [-0.05, 0) is 18.8 Å². The lowest BCUT2D eigenvalue weighted by atomic mass is 9.82. The summed E-state index contributed by atoms with van der Waals surface area (Å²) in [6.45, 7) is 4.24. The fourth-order valence-electron chi connectivity index (χ4n) is 3.06. The first-order valence-electron chi connectivity index (χ1n) is 6.79. The van der Waals surface area contributed by atoms with E-state index in [-0.39, 0.29) is 23.7 Å². The minimum Gasteiger partial charge on any atom is -0.380 e. The average molecular weight is 252 g/mol. The number of amides is 2. The Kier molecular flexibility index (Phi) is 3.01. The monoisotopic (exact) mass is 252 g/mol. The molecule has 0 aromatic heterocycles. The van der Waals surface area contributed by atoms with Gasteiger partial charge in [-0.3, -0.25) is 9.59 Å². The Morgan fingerprint density at radius 1 is 1.22 bits per heavy atom. The van der Waals surface area contributed by atoms with Gasteiger partial charge in [0.25, 0.3) is 0 Å². The van der Waals surface area contributed by atoms with E-state index >= 15 is 0 Å². The van der Waals surface area contributed by atoms with Gasteiger partial charge in [0, 0.05) is 32.0 Å². The van der Waals surface area contributed by atoms with Crippen LogP contribution in [-0.2, 0) is 14.3 Å². The minimum atomic E-state index is -0.0753. The Hall–Kier alpha value is -1.10. The number of hydrogen-bond donors (Lipinski definition) is 1. The highest BCUT2D eigenvalue weighted by atomic mass is 16.5. The zero-order valence-corrected chi connectivity index (χ0v) is 10.7. The predicted molar refractivity (Wildman–Crippen MR) is 64.7 cm³/mol. The molecular formula is C13H20N2O3. The first kappa shape index (κ1) is 12.0. The summed E-state index contributed by atoms with van der Waals surface area (Å²) in [6, 6.07) is 0.392. The fourth-order valence-corrected chi connectivity index (χ4v) is 3.06. The third-order valence-corrected chi connectivity index (χ3v) is 4.34. The van der Waals surface area contributed by atoms with Gasteiger partial charge >= 0.3 is 0 Å². The van der Waals surface area contributed by atoms with Gasteiger partial charge in [-0.2, -0.15) is 0 Å². The van der Waals surface area contributed by atoms with Crippen LogP contribution in [0, 0.1) is 17.8 Å². The highest BCUT2D eigenvalue weighted by molar-refractivity contribution is 5.80. The molecule has 0 aromatic carbocycles. The van der Waals surface area contributed by atoms with Crippen LogP contribution in [0.5, 0.6) is 0 Å². The molecule has 1 aliphatic carbocycles. The molecule has 2 saturated heterocycles. The number of carbonyl (C=O) groups is 2. The lowest BCUT2D eigenvalue weighted by Gasteiger charge is -2.31. The lowest BCUT2D eigenvalue weighted by molar-refractivity contribution is -0.134. The Morgan fingerprint density at radius 2 is 2.00 bits per heavy atom. The molecule has 18 heavy (non-hydrogen) atoms. The molecule has 3 atom stereocenters. The molecule has 0 bridgehead atoms. The molecule has 1 saturated carbocycles.